The van der Waals surface area contributed by atoms with Crippen molar-refractivity contribution in [2.45, 2.75) is 12.6 Å². The normalized spacial score (nSPS) is 12.4. The third-order valence-electron chi connectivity index (χ3n) is 6.28. The van der Waals surface area contributed by atoms with Crippen molar-refractivity contribution in [2.24, 2.45) is 0 Å². The molecule has 178 valence electrons. The van der Waals surface area contributed by atoms with Crippen molar-refractivity contribution in [2.75, 3.05) is 6.61 Å². The summed E-state index contributed by atoms with van der Waals surface area (Å²) in [5, 5.41) is 13.4. The summed E-state index contributed by atoms with van der Waals surface area (Å²) < 4.78 is 21.0. The monoisotopic (exact) mass is 479 g/mol. The first-order valence-electron chi connectivity index (χ1n) is 11.6. The van der Waals surface area contributed by atoms with Gasteiger partial charge in [-0.3, -0.25) is 9.36 Å². The van der Waals surface area contributed by atoms with Crippen molar-refractivity contribution in [3.63, 3.8) is 0 Å². The van der Waals surface area contributed by atoms with Gasteiger partial charge in [-0.25, -0.2) is 9.37 Å². The first kappa shape index (κ1) is 22.0. The Kier molecular flexibility index (Phi) is 5.47. The van der Waals surface area contributed by atoms with E-state index in [0.29, 0.717) is 28.0 Å². The molecule has 36 heavy (non-hydrogen) atoms. The number of aromatic nitrogens is 3. The average Bonchev–Trinajstić information content (AvgIpc) is 3.29. The Bertz CT molecular complexity index is 1770. The van der Waals surface area contributed by atoms with Crippen molar-refractivity contribution in [3.8, 4) is 17.1 Å². The van der Waals surface area contributed by atoms with Crippen molar-refractivity contribution < 1.29 is 14.2 Å². The highest BCUT2D eigenvalue weighted by molar-refractivity contribution is 6.10. The summed E-state index contributed by atoms with van der Waals surface area (Å²) in [5.74, 6) is 0.622. The van der Waals surface area contributed by atoms with E-state index in [0.717, 1.165) is 21.8 Å². The maximum Gasteiger partial charge on any atom is 0.261 e. The number of aromatic amines is 1. The fourth-order valence-corrected chi connectivity index (χ4v) is 4.59. The number of nitrogens with zero attached hydrogens (tertiary/aromatic N) is 2. The summed E-state index contributed by atoms with van der Waals surface area (Å²) in [5.41, 5.74) is 2.78. The summed E-state index contributed by atoms with van der Waals surface area (Å²) in [6.45, 7) is -0.0615. The van der Waals surface area contributed by atoms with E-state index in [9.17, 15) is 14.3 Å². The van der Waals surface area contributed by atoms with E-state index in [1.165, 1.54) is 16.7 Å². The summed E-state index contributed by atoms with van der Waals surface area (Å²) in [7, 11) is 0. The number of fused-ring (bicyclic) bond motifs is 4. The fraction of sp³-hybridized carbons (Fsp3) is 0.103. The number of hydrogen-bond acceptors (Lipinski definition) is 4. The van der Waals surface area contributed by atoms with Crippen molar-refractivity contribution in [3.05, 3.63) is 107 Å². The molecule has 0 spiro atoms. The van der Waals surface area contributed by atoms with Crippen molar-refractivity contribution in [1.82, 2.24) is 14.5 Å². The fourth-order valence-electron chi connectivity index (χ4n) is 4.59. The Hall–Kier alpha value is -4.49. The van der Waals surface area contributed by atoms with Gasteiger partial charge in [0, 0.05) is 21.9 Å². The number of para-hydroxylation sites is 2. The number of rotatable bonds is 6. The van der Waals surface area contributed by atoms with Gasteiger partial charge in [0.1, 0.15) is 30.1 Å². The molecule has 0 amide bonds. The van der Waals surface area contributed by atoms with E-state index in [2.05, 4.69) is 9.97 Å². The standard InChI is InChI=1S/C29H22FN3O3/c30-19-14-12-18(13-15-19)28-32-24-9-4-2-7-22(24)29(35)33(28)16-20(34)17-36-26-11-5-10-25-27(26)21-6-1-3-8-23(21)31-25/h1-15,20,31,34H,16-17H2. The van der Waals surface area contributed by atoms with Crippen LogP contribution in [0.25, 0.3) is 44.1 Å². The van der Waals surface area contributed by atoms with Gasteiger partial charge < -0.3 is 14.8 Å². The number of aliphatic hydroxyl groups excluding tert-OH is 1. The van der Waals surface area contributed by atoms with Gasteiger partial charge in [0.25, 0.3) is 5.56 Å². The molecule has 6 aromatic rings. The highest BCUT2D eigenvalue weighted by Gasteiger charge is 2.17. The van der Waals surface area contributed by atoms with Crippen LogP contribution in [0.3, 0.4) is 0 Å². The molecule has 1 atom stereocenters. The lowest BCUT2D eigenvalue weighted by Gasteiger charge is -2.18. The lowest BCUT2D eigenvalue weighted by Crippen LogP contribution is -2.32. The van der Waals surface area contributed by atoms with Gasteiger partial charge in [-0.1, -0.05) is 36.4 Å². The molecule has 0 saturated carbocycles. The largest absolute Gasteiger partial charge is 0.490 e. The predicted molar refractivity (Wildman–Crippen MR) is 139 cm³/mol. The first-order valence-corrected chi connectivity index (χ1v) is 11.6. The molecule has 2 N–H and O–H groups in total. The van der Waals surface area contributed by atoms with Crippen LogP contribution in [-0.4, -0.2) is 32.4 Å². The van der Waals surface area contributed by atoms with Gasteiger partial charge in [0.15, 0.2) is 0 Å². The third kappa shape index (κ3) is 3.89. The van der Waals surface area contributed by atoms with Crippen LogP contribution in [0.1, 0.15) is 0 Å². The molecular formula is C29H22FN3O3. The van der Waals surface area contributed by atoms with Crippen LogP contribution >= 0.6 is 0 Å². The SMILES string of the molecule is O=c1c2ccccc2nc(-c2ccc(F)cc2)n1CC(O)COc1cccc2[nH]c3ccccc3c12. The molecule has 6 nitrogen and oxygen atoms in total. The van der Waals surface area contributed by atoms with E-state index < -0.39 is 6.10 Å². The number of halogens is 1. The summed E-state index contributed by atoms with van der Waals surface area (Å²) in [6.07, 6.45) is -0.995. The summed E-state index contributed by atoms with van der Waals surface area (Å²) in [4.78, 5) is 21.4. The predicted octanol–water partition coefficient (Wildman–Crippen LogP) is 5.28. The van der Waals surface area contributed by atoms with Crippen LogP contribution in [0.2, 0.25) is 0 Å². The van der Waals surface area contributed by atoms with Gasteiger partial charge in [-0.2, -0.15) is 0 Å². The van der Waals surface area contributed by atoms with E-state index >= 15 is 0 Å². The number of hydrogen-bond donors (Lipinski definition) is 2. The van der Waals surface area contributed by atoms with Crippen molar-refractivity contribution >= 4 is 32.7 Å². The molecule has 0 radical (unpaired) electrons. The molecule has 2 heterocycles. The zero-order valence-electron chi connectivity index (χ0n) is 19.2. The molecule has 7 heteroatoms. The van der Waals surface area contributed by atoms with Gasteiger partial charge in [-0.15, -0.1) is 0 Å². The van der Waals surface area contributed by atoms with Crippen LogP contribution < -0.4 is 10.3 Å². The molecule has 2 aromatic heterocycles. The molecule has 6 rings (SSSR count). The van der Waals surface area contributed by atoms with Crippen LogP contribution in [0.4, 0.5) is 4.39 Å². The minimum absolute atomic E-state index is 0.0270. The quantitative estimate of drug-likeness (QED) is 0.341. The second kappa shape index (κ2) is 8.94. The number of aliphatic hydroxyl groups is 1. The molecule has 1 unspecified atom stereocenters. The van der Waals surface area contributed by atoms with Gasteiger partial charge in [0.2, 0.25) is 0 Å². The van der Waals surface area contributed by atoms with E-state index in [1.54, 1.807) is 30.3 Å². The average molecular weight is 480 g/mol. The van der Waals surface area contributed by atoms with Crippen LogP contribution in [0.15, 0.2) is 95.8 Å². The summed E-state index contributed by atoms with van der Waals surface area (Å²) >= 11 is 0. The van der Waals surface area contributed by atoms with Crippen LogP contribution in [0.5, 0.6) is 5.75 Å². The molecule has 0 aliphatic rings. The lowest BCUT2D eigenvalue weighted by atomic mass is 10.1. The molecular weight excluding hydrogens is 457 g/mol. The number of benzene rings is 4. The zero-order chi connectivity index (χ0) is 24.6. The van der Waals surface area contributed by atoms with E-state index in [-0.39, 0.29) is 24.5 Å². The number of ether oxygens (including phenoxy) is 1. The van der Waals surface area contributed by atoms with Gasteiger partial charge in [-0.05, 0) is 54.6 Å². The Balaban J connectivity index is 1.33. The third-order valence-corrected chi connectivity index (χ3v) is 6.28. The Morgan fingerprint density at radius 2 is 1.61 bits per heavy atom. The highest BCUT2D eigenvalue weighted by atomic mass is 19.1. The number of nitrogens with one attached hydrogen (secondary N) is 1. The molecule has 0 saturated heterocycles. The lowest BCUT2D eigenvalue weighted by molar-refractivity contribution is 0.0927. The molecule has 0 fully saturated rings. The summed E-state index contributed by atoms with van der Waals surface area (Å²) in [6, 6.07) is 26.5. The maximum absolute atomic E-state index is 13.5. The molecule has 4 aromatic carbocycles. The van der Waals surface area contributed by atoms with Gasteiger partial charge in [0.05, 0.1) is 23.0 Å². The Morgan fingerprint density at radius 1 is 0.889 bits per heavy atom. The highest BCUT2D eigenvalue weighted by Crippen LogP contribution is 2.33. The Morgan fingerprint density at radius 3 is 2.44 bits per heavy atom. The smallest absolute Gasteiger partial charge is 0.261 e. The maximum atomic E-state index is 13.5. The van der Waals surface area contributed by atoms with Crippen LogP contribution in [-0.2, 0) is 6.54 Å². The number of H-pyrrole nitrogens is 1. The first-order chi connectivity index (χ1) is 17.6. The van der Waals surface area contributed by atoms with Crippen LogP contribution in [0, 0.1) is 5.82 Å². The van der Waals surface area contributed by atoms with Crippen molar-refractivity contribution in [1.29, 1.82) is 0 Å². The van der Waals surface area contributed by atoms with E-state index in [1.807, 2.05) is 48.5 Å². The molecule has 0 aliphatic carbocycles. The minimum Gasteiger partial charge on any atom is -0.490 e. The second-order valence-electron chi connectivity index (χ2n) is 8.69. The second-order valence-corrected chi connectivity index (χ2v) is 8.69. The van der Waals surface area contributed by atoms with Gasteiger partial charge >= 0.3 is 0 Å². The topological polar surface area (TPSA) is 80.1 Å². The minimum atomic E-state index is -0.995. The molecule has 0 bridgehead atoms. The molecule has 0 aliphatic heterocycles. The van der Waals surface area contributed by atoms with E-state index in [4.69, 9.17) is 4.74 Å². The zero-order valence-corrected chi connectivity index (χ0v) is 19.2. The Labute approximate surface area is 205 Å².